The maximum Gasteiger partial charge on any atom is 0.255 e. The first-order chi connectivity index (χ1) is 14.6. The van der Waals surface area contributed by atoms with E-state index >= 15 is 0 Å². The van der Waals surface area contributed by atoms with E-state index in [1.165, 1.54) is 12.4 Å². The number of carbonyl (C=O) groups is 1. The molecule has 0 aliphatic rings. The predicted octanol–water partition coefficient (Wildman–Crippen LogP) is 3.72. The van der Waals surface area contributed by atoms with Crippen LogP contribution in [0.3, 0.4) is 0 Å². The average Bonchev–Trinajstić information content (AvgIpc) is 3.28. The van der Waals surface area contributed by atoms with Gasteiger partial charge in [0.05, 0.1) is 5.56 Å². The summed E-state index contributed by atoms with van der Waals surface area (Å²) < 4.78 is 5.43. The smallest absolute Gasteiger partial charge is 0.255 e. The Morgan fingerprint density at radius 1 is 0.933 bits per heavy atom. The Kier molecular flexibility index (Phi) is 5.56. The van der Waals surface area contributed by atoms with E-state index in [1.54, 1.807) is 24.5 Å². The van der Waals surface area contributed by atoms with Crippen molar-refractivity contribution < 1.29 is 9.32 Å². The van der Waals surface area contributed by atoms with E-state index in [-0.39, 0.29) is 11.8 Å². The number of carbonyl (C=O) groups excluding carboxylic acids is 1. The van der Waals surface area contributed by atoms with Gasteiger partial charge < -0.3 is 9.84 Å². The largest absolute Gasteiger partial charge is 0.340 e. The Morgan fingerprint density at radius 3 is 2.27 bits per heavy atom. The number of rotatable bonds is 6. The van der Waals surface area contributed by atoms with E-state index in [0.29, 0.717) is 23.1 Å². The van der Waals surface area contributed by atoms with Gasteiger partial charge in [-0.05, 0) is 18.1 Å². The second-order valence-electron chi connectivity index (χ2n) is 7.05. The van der Waals surface area contributed by atoms with Crippen molar-refractivity contribution >= 4 is 5.91 Å². The van der Waals surface area contributed by atoms with Crippen molar-refractivity contribution in [2.24, 2.45) is 5.92 Å². The summed E-state index contributed by atoms with van der Waals surface area (Å²) in [5.41, 5.74) is 2.03. The average molecular weight is 400 g/mol. The van der Waals surface area contributed by atoms with E-state index in [0.717, 1.165) is 11.1 Å². The van der Waals surface area contributed by atoms with Gasteiger partial charge in [-0.2, -0.15) is 4.98 Å². The normalized spacial score (nSPS) is 12.0. The molecule has 0 saturated carbocycles. The molecule has 1 unspecified atom stereocenters. The van der Waals surface area contributed by atoms with Crippen LogP contribution >= 0.6 is 0 Å². The number of benzene rings is 1. The molecule has 1 N–H and O–H groups in total. The lowest BCUT2D eigenvalue weighted by Crippen LogP contribution is -2.32. The number of nitrogens with one attached hydrogen (secondary N) is 1. The first-order valence-electron chi connectivity index (χ1n) is 9.54. The molecule has 0 bridgehead atoms. The van der Waals surface area contributed by atoms with E-state index < -0.39 is 6.04 Å². The lowest BCUT2D eigenvalue weighted by Gasteiger charge is -2.18. The first-order valence-corrected chi connectivity index (χ1v) is 9.54. The fourth-order valence-corrected chi connectivity index (χ4v) is 2.90. The molecule has 0 aliphatic carbocycles. The van der Waals surface area contributed by atoms with Crippen molar-refractivity contribution in [3.05, 3.63) is 78.7 Å². The van der Waals surface area contributed by atoms with Crippen LogP contribution in [0.5, 0.6) is 0 Å². The van der Waals surface area contributed by atoms with Crippen molar-refractivity contribution in [3.8, 4) is 22.8 Å². The van der Waals surface area contributed by atoms with Gasteiger partial charge in [0.2, 0.25) is 11.7 Å². The summed E-state index contributed by atoms with van der Waals surface area (Å²) in [5.74, 6) is 1.07. The third-order valence-electron chi connectivity index (χ3n) is 4.55. The van der Waals surface area contributed by atoms with Gasteiger partial charge in [-0.25, -0.2) is 9.97 Å². The summed E-state index contributed by atoms with van der Waals surface area (Å²) in [6, 6.07) is 12.7. The highest BCUT2D eigenvalue weighted by molar-refractivity contribution is 5.94. The van der Waals surface area contributed by atoms with Crippen LogP contribution in [0.2, 0.25) is 0 Å². The van der Waals surface area contributed by atoms with Crippen molar-refractivity contribution in [1.29, 1.82) is 0 Å². The van der Waals surface area contributed by atoms with Crippen molar-refractivity contribution in [1.82, 2.24) is 30.4 Å². The molecule has 1 aromatic carbocycles. The zero-order valence-electron chi connectivity index (χ0n) is 16.6. The van der Waals surface area contributed by atoms with Gasteiger partial charge in [-0.15, -0.1) is 0 Å². The van der Waals surface area contributed by atoms with Crippen molar-refractivity contribution in [2.75, 3.05) is 0 Å². The number of nitrogens with zero attached hydrogens (tertiary/aromatic N) is 5. The maximum atomic E-state index is 12.8. The highest BCUT2D eigenvalue weighted by Crippen LogP contribution is 2.24. The van der Waals surface area contributed by atoms with Crippen LogP contribution in [0.15, 0.2) is 71.8 Å². The first kappa shape index (κ1) is 19.4. The predicted molar refractivity (Wildman–Crippen MR) is 110 cm³/mol. The molecule has 0 radical (unpaired) electrons. The minimum Gasteiger partial charge on any atom is -0.340 e. The molecule has 4 rings (SSSR count). The Balaban J connectivity index is 1.51. The standard InChI is InChI=1S/C22H20N6O2/c1-14(2)18(22-27-20(28-30-22)16-8-10-23-11-9-16)26-21(29)17-12-24-19(25-13-17)15-6-4-3-5-7-15/h3-14,18H,1-2H3,(H,26,29). The fourth-order valence-electron chi connectivity index (χ4n) is 2.90. The van der Waals surface area contributed by atoms with Crippen LogP contribution in [0.1, 0.15) is 36.1 Å². The van der Waals surface area contributed by atoms with Crippen molar-refractivity contribution in [2.45, 2.75) is 19.9 Å². The number of aromatic nitrogens is 5. The van der Waals surface area contributed by atoms with Crippen LogP contribution in [0.25, 0.3) is 22.8 Å². The molecule has 1 atom stereocenters. The van der Waals surface area contributed by atoms with Gasteiger partial charge >= 0.3 is 0 Å². The molecule has 8 heteroatoms. The molecule has 0 saturated heterocycles. The Labute approximate surface area is 173 Å². The van der Waals surface area contributed by atoms with E-state index in [4.69, 9.17) is 4.52 Å². The quantitative estimate of drug-likeness (QED) is 0.526. The molecular weight excluding hydrogens is 380 g/mol. The monoisotopic (exact) mass is 400 g/mol. The van der Waals surface area contributed by atoms with Crippen LogP contribution in [-0.4, -0.2) is 31.0 Å². The highest BCUT2D eigenvalue weighted by atomic mass is 16.5. The Bertz CT molecular complexity index is 1110. The van der Waals surface area contributed by atoms with Gasteiger partial charge in [0, 0.05) is 35.9 Å². The lowest BCUT2D eigenvalue weighted by atomic mass is 10.0. The molecular formula is C22H20N6O2. The maximum absolute atomic E-state index is 12.8. The summed E-state index contributed by atoms with van der Waals surface area (Å²) in [5, 5.41) is 6.97. The zero-order valence-corrected chi connectivity index (χ0v) is 16.6. The number of hydrogen-bond acceptors (Lipinski definition) is 7. The second kappa shape index (κ2) is 8.60. The molecule has 1 amide bonds. The van der Waals surface area contributed by atoms with Gasteiger partial charge in [0.25, 0.3) is 5.91 Å². The van der Waals surface area contributed by atoms with E-state index in [2.05, 4.69) is 30.4 Å². The van der Waals surface area contributed by atoms with Crippen molar-refractivity contribution in [3.63, 3.8) is 0 Å². The lowest BCUT2D eigenvalue weighted by molar-refractivity contribution is 0.0913. The van der Waals surface area contributed by atoms with Gasteiger partial charge in [-0.3, -0.25) is 9.78 Å². The number of hydrogen-bond donors (Lipinski definition) is 1. The SMILES string of the molecule is CC(C)C(NC(=O)c1cnc(-c2ccccc2)nc1)c1nc(-c2ccncc2)no1. The van der Waals surface area contributed by atoms with Crippen LogP contribution in [0, 0.1) is 5.92 Å². The van der Waals surface area contributed by atoms with Crippen LogP contribution < -0.4 is 5.32 Å². The topological polar surface area (TPSA) is 107 Å². The molecule has 3 heterocycles. The molecule has 30 heavy (non-hydrogen) atoms. The minimum absolute atomic E-state index is 0.0317. The molecule has 4 aromatic rings. The molecule has 3 aromatic heterocycles. The molecule has 8 nitrogen and oxygen atoms in total. The van der Waals surface area contributed by atoms with Gasteiger partial charge in [0.1, 0.15) is 6.04 Å². The third kappa shape index (κ3) is 4.22. The summed E-state index contributed by atoms with van der Waals surface area (Å²) in [6.45, 7) is 3.94. The van der Waals surface area contributed by atoms with E-state index in [1.807, 2.05) is 44.2 Å². The minimum atomic E-state index is -0.450. The summed E-state index contributed by atoms with van der Waals surface area (Å²) in [6.07, 6.45) is 6.34. The Morgan fingerprint density at radius 2 is 1.60 bits per heavy atom. The molecule has 0 fully saturated rings. The zero-order chi connectivity index (χ0) is 20.9. The highest BCUT2D eigenvalue weighted by Gasteiger charge is 2.25. The molecule has 0 aliphatic heterocycles. The summed E-state index contributed by atoms with van der Waals surface area (Å²) in [4.78, 5) is 29.8. The molecule has 0 spiro atoms. The summed E-state index contributed by atoms with van der Waals surface area (Å²) >= 11 is 0. The van der Waals surface area contributed by atoms with Gasteiger partial charge in [-0.1, -0.05) is 49.3 Å². The number of pyridine rings is 1. The van der Waals surface area contributed by atoms with Crippen LogP contribution in [0.4, 0.5) is 0 Å². The van der Waals surface area contributed by atoms with Gasteiger partial charge in [0.15, 0.2) is 5.82 Å². The van der Waals surface area contributed by atoms with Crippen LogP contribution in [-0.2, 0) is 0 Å². The van der Waals surface area contributed by atoms with E-state index in [9.17, 15) is 4.79 Å². The third-order valence-corrected chi connectivity index (χ3v) is 4.55. The second-order valence-corrected chi connectivity index (χ2v) is 7.05. The Hall–Kier alpha value is -3.94. The number of amides is 1. The summed E-state index contributed by atoms with van der Waals surface area (Å²) in [7, 11) is 0. The fraction of sp³-hybridized carbons (Fsp3) is 0.182. The molecule has 150 valence electrons.